The molecule has 6 heteroatoms. The summed E-state index contributed by atoms with van der Waals surface area (Å²) in [5.74, 6) is 0. The van der Waals surface area contributed by atoms with Gasteiger partial charge in [-0.15, -0.1) is 0 Å². The highest BCUT2D eigenvalue weighted by molar-refractivity contribution is 7.89. The normalized spacial score (nSPS) is 12.1. The van der Waals surface area contributed by atoms with Crippen molar-refractivity contribution < 1.29 is 8.42 Å². The lowest BCUT2D eigenvalue weighted by Gasteiger charge is -2.22. The van der Waals surface area contributed by atoms with Crippen molar-refractivity contribution in [3.63, 3.8) is 0 Å². The number of nitrogens with zero attached hydrogens (tertiary/aromatic N) is 1. The third-order valence-corrected chi connectivity index (χ3v) is 5.76. The summed E-state index contributed by atoms with van der Waals surface area (Å²) in [6.45, 7) is 10.1. The van der Waals surface area contributed by atoms with Crippen LogP contribution in [0.5, 0.6) is 0 Å². The van der Waals surface area contributed by atoms with E-state index in [4.69, 9.17) is 11.6 Å². The molecule has 0 saturated carbocycles. The number of nitrogens with one attached hydrogen (secondary N) is 1. The van der Waals surface area contributed by atoms with Gasteiger partial charge in [0.2, 0.25) is 10.0 Å². The molecule has 0 aromatic heterocycles. The van der Waals surface area contributed by atoms with Gasteiger partial charge >= 0.3 is 0 Å². The Morgan fingerprint density at radius 1 is 1.24 bits per heavy atom. The zero-order valence-corrected chi connectivity index (χ0v) is 14.8. The molecule has 1 rings (SSSR count). The molecule has 0 aliphatic heterocycles. The fraction of sp³-hybridized carbons (Fsp3) is 0.600. The fourth-order valence-corrected chi connectivity index (χ4v) is 4.40. The molecule has 1 N–H and O–H groups in total. The molecule has 0 amide bonds. The molecule has 1 aromatic rings. The number of rotatable bonds is 8. The number of sulfonamides is 1. The molecular weight excluding hydrogens is 308 g/mol. The number of hydrogen-bond acceptors (Lipinski definition) is 3. The van der Waals surface area contributed by atoms with Crippen molar-refractivity contribution in [3.05, 3.63) is 28.3 Å². The van der Waals surface area contributed by atoms with E-state index in [0.717, 1.165) is 24.1 Å². The van der Waals surface area contributed by atoms with Crippen LogP contribution in [0.2, 0.25) is 5.02 Å². The second-order valence-electron chi connectivity index (χ2n) is 4.97. The van der Waals surface area contributed by atoms with Gasteiger partial charge in [-0.25, -0.2) is 8.42 Å². The molecule has 0 saturated heterocycles. The Balaban J connectivity index is 3.31. The maximum absolute atomic E-state index is 12.8. The Bertz CT molecular complexity index is 573. The SMILES string of the molecule is CCCN(CC)S(=O)(=O)c1cc(Cl)cc(CNCC)c1C. The molecule has 0 atom stereocenters. The van der Waals surface area contributed by atoms with Crippen LogP contribution in [-0.4, -0.2) is 32.4 Å². The number of hydrogen-bond donors (Lipinski definition) is 1. The summed E-state index contributed by atoms with van der Waals surface area (Å²) in [6, 6.07) is 3.38. The monoisotopic (exact) mass is 332 g/mol. The maximum atomic E-state index is 12.8. The molecule has 120 valence electrons. The maximum Gasteiger partial charge on any atom is 0.243 e. The van der Waals surface area contributed by atoms with Crippen LogP contribution in [-0.2, 0) is 16.6 Å². The predicted molar refractivity (Wildman–Crippen MR) is 88.3 cm³/mol. The van der Waals surface area contributed by atoms with E-state index in [2.05, 4.69) is 5.32 Å². The third kappa shape index (κ3) is 4.42. The highest BCUT2D eigenvalue weighted by Crippen LogP contribution is 2.27. The summed E-state index contributed by atoms with van der Waals surface area (Å²) in [7, 11) is -3.49. The summed E-state index contributed by atoms with van der Waals surface area (Å²) >= 11 is 6.12. The summed E-state index contributed by atoms with van der Waals surface area (Å²) in [5, 5.41) is 3.67. The van der Waals surface area contributed by atoms with Crippen LogP contribution < -0.4 is 5.32 Å². The van der Waals surface area contributed by atoms with E-state index in [1.165, 1.54) is 4.31 Å². The van der Waals surface area contributed by atoms with Crippen molar-refractivity contribution in [3.8, 4) is 0 Å². The zero-order chi connectivity index (χ0) is 16.0. The minimum Gasteiger partial charge on any atom is -0.313 e. The van der Waals surface area contributed by atoms with Gasteiger partial charge in [-0.3, -0.25) is 0 Å². The highest BCUT2D eigenvalue weighted by Gasteiger charge is 2.25. The van der Waals surface area contributed by atoms with Crippen molar-refractivity contribution in [1.29, 1.82) is 0 Å². The summed E-state index contributed by atoms with van der Waals surface area (Å²) in [4.78, 5) is 0.318. The third-order valence-electron chi connectivity index (χ3n) is 3.44. The van der Waals surface area contributed by atoms with E-state index < -0.39 is 10.0 Å². The first-order chi connectivity index (χ1) is 9.88. The second-order valence-corrected chi connectivity index (χ2v) is 7.31. The minimum atomic E-state index is -3.49. The average molecular weight is 333 g/mol. The Morgan fingerprint density at radius 2 is 1.90 bits per heavy atom. The zero-order valence-electron chi connectivity index (χ0n) is 13.2. The molecule has 0 bridgehead atoms. The van der Waals surface area contributed by atoms with Gasteiger partial charge in [0, 0.05) is 24.7 Å². The quantitative estimate of drug-likeness (QED) is 0.795. The second kappa shape index (κ2) is 8.13. The lowest BCUT2D eigenvalue weighted by atomic mass is 10.1. The van der Waals surface area contributed by atoms with Gasteiger partial charge in [-0.1, -0.05) is 32.4 Å². The van der Waals surface area contributed by atoms with E-state index in [-0.39, 0.29) is 0 Å². The first-order valence-electron chi connectivity index (χ1n) is 7.38. The highest BCUT2D eigenvalue weighted by atomic mass is 35.5. The molecule has 1 aromatic carbocycles. The lowest BCUT2D eigenvalue weighted by Crippen LogP contribution is -2.32. The fourth-order valence-electron chi connectivity index (χ4n) is 2.26. The van der Waals surface area contributed by atoms with E-state index in [1.807, 2.05) is 33.8 Å². The van der Waals surface area contributed by atoms with Gasteiger partial charge in [0.25, 0.3) is 0 Å². The molecule has 0 aliphatic carbocycles. The topological polar surface area (TPSA) is 49.4 Å². The van der Waals surface area contributed by atoms with Crippen LogP contribution in [0.4, 0.5) is 0 Å². The predicted octanol–water partition coefficient (Wildman–Crippen LogP) is 3.18. The van der Waals surface area contributed by atoms with E-state index in [9.17, 15) is 8.42 Å². The molecule has 21 heavy (non-hydrogen) atoms. The largest absolute Gasteiger partial charge is 0.313 e. The van der Waals surface area contributed by atoms with Crippen molar-refractivity contribution in [1.82, 2.24) is 9.62 Å². The van der Waals surface area contributed by atoms with E-state index >= 15 is 0 Å². The Labute approximate surface area is 133 Å². The molecule has 0 fully saturated rings. The van der Waals surface area contributed by atoms with Crippen molar-refractivity contribution >= 4 is 21.6 Å². The van der Waals surface area contributed by atoms with Gasteiger partial charge in [0.1, 0.15) is 0 Å². The standard InChI is InChI=1S/C15H25ClN2O2S/c1-5-8-18(7-3)21(19,20)15-10-14(16)9-13(12(15)4)11-17-6-2/h9-10,17H,5-8,11H2,1-4H3. The average Bonchev–Trinajstić information content (AvgIpc) is 2.44. The van der Waals surface area contributed by atoms with E-state index in [0.29, 0.717) is 29.6 Å². The van der Waals surface area contributed by atoms with E-state index in [1.54, 1.807) is 6.07 Å². The summed E-state index contributed by atoms with van der Waals surface area (Å²) < 4.78 is 27.1. The number of halogens is 1. The van der Waals surface area contributed by atoms with Crippen LogP contribution >= 0.6 is 11.6 Å². The molecule has 0 heterocycles. The van der Waals surface area contributed by atoms with Crippen LogP contribution in [0.15, 0.2) is 17.0 Å². The minimum absolute atomic E-state index is 0.318. The molecule has 0 spiro atoms. The van der Waals surface area contributed by atoms with Gasteiger partial charge in [0.05, 0.1) is 4.90 Å². The first kappa shape index (κ1) is 18.4. The Morgan fingerprint density at radius 3 is 2.43 bits per heavy atom. The van der Waals surface area contributed by atoms with Crippen molar-refractivity contribution in [2.24, 2.45) is 0 Å². The van der Waals surface area contributed by atoms with Crippen LogP contribution in [0, 0.1) is 6.92 Å². The summed E-state index contributed by atoms with van der Waals surface area (Å²) in [5.41, 5.74) is 1.70. The first-order valence-corrected chi connectivity index (χ1v) is 9.20. The lowest BCUT2D eigenvalue weighted by molar-refractivity contribution is 0.426. The van der Waals surface area contributed by atoms with Crippen LogP contribution in [0.1, 0.15) is 38.3 Å². The smallest absolute Gasteiger partial charge is 0.243 e. The Hall–Kier alpha value is -0.620. The van der Waals surface area contributed by atoms with Gasteiger partial charge < -0.3 is 5.32 Å². The van der Waals surface area contributed by atoms with Crippen LogP contribution in [0.25, 0.3) is 0 Å². The van der Waals surface area contributed by atoms with Gasteiger partial charge in [-0.2, -0.15) is 4.31 Å². The Kier molecular flexibility index (Phi) is 7.13. The molecule has 0 unspecified atom stereocenters. The van der Waals surface area contributed by atoms with Crippen molar-refractivity contribution in [2.45, 2.75) is 45.6 Å². The molecule has 4 nitrogen and oxygen atoms in total. The summed E-state index contributed by atoms with van der Waals surface area (Å²) in [6.07, 6.45) is 0.789. The van der Waals surface area contributed by atoms with Gasteiger partial charge in [0.15, 0.2) is 0 Å². The van der Waals surface area contributed by atoms with Gasteiger partial charge in [-0.05, 0) is 43.1 Å². The van der Waals surface area contributed by atoms with Crippen molar-refractivity contribution in [2.75, 3.05) is 19.6 Å². The molecule has 0 aliphatic rings. The molecule has 0 radical (unpaired) electrons. The number of benzene rings is 1. The molecular formula is C15H25ClN2O2S. The van der Waals surface area contributed by atoms with Crippen LogP contribution in [0.3, 0.4) is 0 Å².